The van der Waals surface area contributed by atoms with Gasteiger partial charge < -0.3 is 11.1 Å². The molecule has 3 N–H and O–H groups in total. The van der Waals surface area contributed by atoms with Crippen molar-refractivity contribution in [2.75, 3.05) is 5.32 Å². The number of nitrogens with two attached hydrogens (primary N) is 1. The molecule has 0 aromatic heterocycles. The van der Waals surface area contributed by atoms with Gasteiger partial charge in [-0.05, 0) is 42.8 Å². The van der Waals surface area contributed by atoms with Crippen LogP contribution in [-0.2, 0) is 4.79 Å². The molecule has 0 fully saturated rings. The molecule has 2 aromatic carbocycles. The predicted molar refractivity (Wildman–Crippen MR) is 83.9 cm³/mol. The molecule has 0 saturated heterocycles. The first-order valence-corrected chi connectivity index (χ1v) is 7.38. The first kappa shape index (κ1) is 15.5. The van der Waals surface area contributed by atoms with Gasteiger partial charge in [0.15, 0.2) is 0 Å². The van der Waals surface area contributed by atoms with E-state index in [2.05, 4.69) is 5.32 Å². The van der Waals surface area contributed by atoms with Crippen molar-refractivity contribution in [2.24, 2.45) is 5.73 Å². The summed E-state index contributed by atoms with van der Waals surface area (Å²) in [5, 5.41) is 2.69. The van der Waals surface area contributed by atoms with E-state index in [0.29, 0.717) is 10.6 Å². The van der Waals surface area contributed by atoms with Gasteiger partial charge in [-0.15, -0.1) is 0 Å². The molecule has 110 valence electrons. The molecule has 0 radical (unpaired) electrons. The number of amides is 1. The molecule has 0 aliphatic heterocycles. The SMILES string of the molecule is CC(=O)Nc1ccc(Sc2c(F)cccc2C(C)N)cc1. The first-order valence-electron chi connectivity index (χ1n) is 6.57. The van der Waals surface area contributed by atoms with Crippen LogP contribution in [0, 0.1) is 5.82 Å². The fourth-order valence-corrected chi connectivity index (χ4v) is 2.96. The second-order valence-corrected chi connectivity index (χ2v) is 5.84. The Labute approximate surface area is 127 Å². The molecule has 0 bridgehead atoms. The van der Waals surface area contributed by atoms with Gasteiger partial charge in [0.2, 0.25) is 5.91 Å². The molecule has 1 atom stereocenters. The van der Waals surface area contributed by atoms with Gasteiger partial charge in [0.25, 0.3) is 0 Å². The van der Waals surface area contributed by atoms with E-state index in [1.54, 1.807) is 18.2 Å². The Bertz CT molecular complexity index is 641. The number of rotatable bonds is 4. The summed E-state index contributed by atoms with van der Waals surface area (Å²) in [5.41, 5.74) is 7.39. The Morgan fingerprint density at radius 2 is 1.90 bits per heavy atom. The van der Waals surface area contributed by atoms with Crippen molar-refractivity contribution >= 4 is 23.4 Å². The number of hydrogen-bond acceptors (Lipinski definition) is 3. The molecule has 21 heavy (non-hydrogen) atoms. The molecule has 0 spiro atoms. The summed E-state index contributed by atoms with van der Waals surface area (Å²) in [6, 6.07) is 12.0. The highest BCUT2D eigenvalue weighted by Gasteiger charge is 2.13. The van der Waals surface area contributed by atoms with Crippen LogP contribution in [0.4, 0.5) is 10.1 Å². The zero-order chi connectivity index (χ0) is 15.4. The van der Waals surface area contributed by atoms with Crippen molar-refractivity contribution in [1.82, 2.24) is 0 Å². The van der Waals surface area contributed by atoms with E-state index in [4.69, 9.17) is 5.73 Å². The Balaban J connectivity index is 2.24. The van der Waals surface area contributed by atoms with Crippen molar-refractivity contribution in [3.8, 4) is 0 Å². The Morgan fingerprint density at radius 1 is 1.24 bits per heavy atom. The van der Waals surface area contributed by atoms with Crippen LogP contribution in [0.15, 0.2) is 52.3 Å². The number of hydrogen-bond donors (Lipinski definition) is 2. The lowest BCUT2D eigenvalue weighted by molar-refractivity contribution is -0.114. The highest BCUT2D eigenvalue weighted by molar-refractivity contribution is 7.99. The van der Waals surface area contributed by atoms with Crippen LogP contribution in [0.1, 0.15) is 25.5 Å². The molecule has 1 unspecified atom stereocenters. The second kappa shape index (κ2) is 6.74. The third kappa shape index (κ3) is 4.06. The number of anilines is 1. The molecule has 2 aromatic rings. The van der Waals surface area contributed by atoms with Crippen LogP contribution < -0.4 is 11.1 Å². The summed E-state index contributed by atoms with van der Waals surface area (Å²) in [6.07, 6.45) is 0. The molecule has 0 saturated carbocycles. The van der Waals surface area contributed by atoms with Crippen molar-refractivity contribution < 1.29 is 9.18 Å². The summed E-state index contributed by atoms with van der Waals surface area (Å²) in [7, 11) is 0. The minimum Gasteiger partial charge on any atom is -0.326 e. The molecule has 3 nitrogen and oxygen atoms in total. The van der Waals surface area contributed by atoms with Crippen molar-refractivity contribution in [1.29, 1.82) is 0 Å². The van der Waals surface area contributed by atoms with E-state index in [-0.39, 0.29) is 17.8 Å². The van der Waals surface area contributed by atoms with Gasteiger partial charge in [-0.1, -0.05) is 23.9 Å². The van der Waals surface area contributed by atoms with Crippen LogP contribution in [-0.4, -0.2) is 5.91 Å². The molecular formula is C16H17FN2OS. The monoisotopic (exact) mass is 304 g/mol. The fraction of sp³-hybridized carbons (Fsp3) is 0.188. The van der Waals surface area contributed by atoms with Gasteiger partial charge in [-0.2, -0.15) is 0 Å². The van der Waals surface area contributed by atoms with Gasteiger partial charge in [0.1, 0.15) is 5.82 Å². The number of nitrogens with one attached hydrogen (secondary N) is 1. The van der Waals surface area contributed by atoms with Crippen LogP contribution in [0.2, 0.25) is 0 Å². The lowest BCUT2D eigenvalue weighted by atomic mass is 10.1. The normalized spacial score (nSPS) is 12.0. The zero-order valence-electron chi connectivity index (χ0n) is 11.9. The minimum atomic E-state index is -0.277. The highest BCUT2D eigenvalue weighted by atomic mass is 32.2. The Morgan fingerprint density at radius 3 is 2.48 bits per heavy atom. The van der Waals surface area contributed by atoms with Crippen LogP contribution in [0.25, 0.3) is 0 Å². The maximum atomic E-state index is 14.0. The van der Waals surface area contributed by atoms with Crippen LogP contribution >= 0.6 is 11.8 Å². The van der Waals surface area contributed by atoms with Crippen molar-refractivity contribution in [3.05, 3.63) is 53.8 Å². The van der Waals surface area contributed by atoms with Gasteiger partial charge in [-0.3, -0.25) is 4.79 Å². The van der Waals surface area contributed by atoms with E-state index < -0.39 is 0 Å². The predicted octanol–water partition coefficient (Wildman–Crippen LogP) is 3.96. The molecule has 0 heterocycles. The van der Waals surface area contributed by atoms with Gasteiger partial charge in [-0.25, -0.2) is 4.39 Å². The summed E-state index contributed by atoms with van der Waals surface area (Å²) in [4.78, 5) is 12.4. The van der Waals surface area contributed by atoms with Crippen molar-refractivity contribution in [3.63, 3.8) is 0 Å². The molecule has 1 amide bonds. The lowest BCUT2D eigenvalue weighted by Crippen LogP contribution is -2.07. The maximum absolute atomic E-state index is 14.0. The maximum Gasteiger partial charge on any atom is 0.221 e. The van der Waals surface area contributed by atoms with Crippen LogP contribution in [0.5, 0.6) is 0 Å². The molecule has 2 rings (SSSR count). The third-order valence-corrected chi connectivity index (χ3v) is 4.03. The zero-order valence-corrected chi connectivity index (χ0v) is 12.7. The number of benzene rings is 2. The molecule has 0 aliphatic carbocycles. The van der Waals surface area contributed by atoms with Gasteiger partial charge in [0.05, 0.1) is 4.90 Å². The fourth-order valence-electron chi connectivity index (χ4n) is 1.92. The summed E-state index contributed by atoms with van der Waals surface area (Å²) in [5.74, 6) is -0.399. The largest absolute Gasteiger partial charge is 0.326 e. The standard InChI is InChI=1S/C16H17FN2OS/c1-10(18)14-4-3-5-15(17)16(14)21-13-8-6-12(7-9-13)19-11(2)20/h3-10H,18H2,1-2H3,(H,19,20). The summed E-state index contributed by atoms with van der Waals surface area (Å²) in [6.45, 7) is 3.29. The minimum absolute atomic E-state index is 0.122. The van der Waals surface area contributed by atoms with E-state index >= 15 is 0 Å². The molecular weight excluding hydrogens is 287 g/mol. The highest BCUT2D eigenvalue weighted by Crippen LogP contribution is 2.35. The molecule has 0 aliphatic rings. The second-order valence-electron chi connectivity index (χ2n) is 4.75. The smallest absolute Gasteiger partial charge is 0.221 e. The Kier molecular flexibility index (Phi) is 4.98. The average molecular weight is 304 g/mol. The van der Waals surface area contributed by atoms with E-state index in [9.17, 15) is 9.18 Å². The van der Waals surface area contributed by atoms with Gasteiger partial charge in [0, 0.05) is 23.5 Å². The van der Waals surface area contributed by atoms with E-state index in [0.717, 1.165) is 10.5 Å². The molecule has 5 heteroatoms. The number of halogens is 1. The topological polar surface area (TPSA) is 55.1 Å². The lowest BCUT2D eigenvalue weighted by Gasteiger charge is -2.13. The summed E-state index contributed by atoms with van der Waals surface area (Å²) < 4.78 is 14.0. The van der Waals surface area contributed by atoms with E-state index in [1.807, 2.05) is 25.1 Å². The first-order chi connectivity index (χ1) is 9.97. The van der Waals surface area contributed by atoms with Crippen LogP contribution in [0.3, 0.4) is 0 Å². The summed E-state index contributed by atoms with van der Waals surface area (Å²) >= 11 is 1.33. The van der Waals surface area contributed by atoms with Gasteiger partial charge >= 0.3 is 0 Å². The van der Waals surface area contributed by atoms with E-state index in [1.165, 1.54) is 24.8 Å². The quantitative estimate of drug-likeness (QED) is 0.899. The number of carbonyl (C=O) groups is 1. The Hall–Kier alpha value is -1.85. The van der Waals surface area contributed by atoms with Crippen molar-refractivity contribution in [2.45, 2.75) is 29.7 Å². The number of carbonyl (C=O) groups excluding carboxylic acids is 1. The third-order valence-electron chi connectivity index (χ3n) is 2.88. The average Bonchev–Trinajstić information content (AvgIpc) is 2.42.